The number of anilines is 1. The van der Waals surface area contributed by atoms with Crippen molar-refractivity contribution in [3.8, 4) is 17.1 Å². The zero-order valence-corrected chi connectivity index (χ0v) is 20.3. The first-order valence-electron chi connectivity index (χ1n) is 12.0. The number of carbonyl (C=O) groups is 1. The van der Waals surface area contributed by atoms with E-state index in [1.165, 1.54) is 25.8 Å². The number of halogens is 1. The van der Waals surface area contributed by atoms with Crippen LogP contribution in [0.2, 0.25) is 0 Å². The number of carbonyl (C=O) groups excluding carboxylic acids is 1. The van der Waals surface area contributed by atoms with E-state index in [4.69, 9.17) is 4.74 Å². The number of nitrogens with zero attached hydrogens (tertiary/aromatic N) is 4. The highest BCUT2D eigenvalue weighted by molar-refractivity contribution is 6.01. The van der Waals surface area contributed by atoms with Gasteiger partial charge in [-0.05, 0) is 62.1 Å². The molecule has 0 saturated carbocycles. The quantitative estimate of drug-likeness (QED) is 0.343. The Hall–Kier alpha value is -3.74. The van der Waals surface area contributed by atoms with Crippen molar-refractivity contribution in [3.63, 3.8) is 0 Å². The number of aryl methyl sites for hydroxylation is 1. The van der Waals surface area contributed by atoms with Crippen LogP contribution in [0.1, 0.15) is 42.2 Å². The molecule has 5 rings (SSSR count). The minimum atomic E-state index is -0.496. The summed E-state index contributed by atoms with van der Waals surface area (Å²) in [7, 11) is 3.51. The minimum absolute atomic E-state index is 0.134. The molecule has 0 aliphatic carbocycles. The van der Waals surface area contributed by atoms with Crippen molar-refractivity contribution in [2.75, 3.05) is 18.6 Å². The highest BCUT2D eigenvalue weighted by Crippen LogP contribution is 2.36. The molecule has 180 valence electrons. The largest absolute Gasteiger partial charge is 0.496 e. The molecule has 1 saturated heterocycles. The molecule has 6 nitrogen and oxygen atoms in total. The lowest BCUT2D eigenvalue weighted by molar-refractivity contribution is 0.0988. The number of fused-ring (bicyclic) bond motifs is 1. The number of methoxy groups -OCH3 is 1. The minimum Gasteiger partial charge on any atom is -0.496 e. The van der Waals surface area contributed by atoms with Crippen LogP contribution in [-0.4, -0.2) is 40.0 Å². The maximum absolute atomic E-state index is 14.6. The molecule has 1 aliphatic rings. The second-order valence-corrected chi connectivity index (χ2v) is 9.15. The molecule has 0 N–H and O–H groups in total. The summed E-state index contributed by atoms with van der Waals surface area (Å²) in [6.45, 7) is 3.23. The van der Waals surface area contributed by atoms with Crippen molar-refractivity contribution in [2.45, 2.75) is 38.6 Å². The van der Waals surface area contributed by atoms with Gasteiger partial charge in [-0.15, -0.1) is 0 Å². The van der Waals surface area contributed by atoms with Gasteiger partial charge in [-0.3, -0.25) is 4.79 Å². The molecule has 1 fully saturated rings. The fourth-order valence-corrected chi connectivity index (χ4v) is 5.08. The second kappa shape index (κ2) is 9.49. The number of ketones is 1. The number of benzene rings is 2. The zero-order valence-electron chi connectivity index (χ0n) is 20.3. The van der Waals surface area contributed by atoms with Crippen LogP contribution in [-0.2, 0) is 13.5 Å². The molecule has 7 heteroatoms. The van der Waals surface area contributed by atoms with Crippen molar-refractivity contribution in [1.29, 1.82) is 0 Å². The van der Waals surface area contributed by atoms with Gasteiger partial charge in [-0.1, -0.05) is 12.1 Å². The summed E-state index contributed by atoms with van der Waals surface area (Å²) >= 11 is 0. The average molecular weight is 473 g/mol. The highest BCUT2D eigenvalue weighted by atomic mass is 19.1. The Morgan fingerprint density at radius 1 is 1.17 bits per heavy atom. The van der Waals surface area contributed by atoms with Crippen LogP contribution in [0.25, 0.3) is 22.3 Å². The molecule has 0 unspecified atom stereocenters. The van der Waals surface area contributed by atoms with Gasteiger partial charge in [-0.2, -0.15) is 0 Å². The van der Waals surface area contributed by atoms with Gasteiger partial charge >= 0.3 is 0 Å². The van der Waals surface area contributed by atoms with E-state index in [1.807, 2.05) is 7.05 Å². The van der Waals surface area contributed by atoms with Gasteiger partial charge in [-0.25, -0.2) is 14.4 Å². The lowest BCUT2D eigenvalue weighted by Crippen LogP contribution is -2.38. The third-order valence-corrected chi connectivity index (χ3v) is 6.92. The Labute approximate surface area is 204 Å². The number of rotatable bonds is 6. The maximum atomic E-state index is 14.6. The predicted octanol–water partition coefficient (Wildman–Crippen LogP) is 5.59. The first-order chi connectivity index (χ1) is 17.0. The van der Waals surface area contributed by atoms with Gasteiger partial charge < -0.3 is 14.2 Å². The van der Waals surface area contributed by atoms with Gasteiger partial charge in [0.2, 0.25) is 0 Å². The van der Waals surface area contributed by atoms with Crippen LogP contribution in [0.5, 0.6) is 5.75 Å². The Kier molecular flexibility index (Phi) is 6.24. The number of aromatic nitrogens is 3. The van der Waals surface area contributed by atoms with Gasteiger partial charge in [0.25, 0.3) is 0 Å². The Balaban J connectivity index is 1.53. The summed E-state index contributed by atoms with van der Waals surface area (Å²) in [5.74, 6) is -0.172. The predicted molar refractivity (Wildman–Crippen MR) is 136 cm³/mol. The molecular formula is C28H29FN4O2. The van der Waals surface area contributed by atoms with Crippen molar-refractivity contribution < 1.29 is 13.9 Å². The summed E-state index contributed by atoms with van der Waals surface area (Å²) in [6, 6.07) is 12.8. The standard InChI is InChI=1S/C28H29FN4O2/c1-18-7-4-5-15-33(18)27-19(10-11-23-20(27)13-16-32(23)2)17-24(34)22-12-14-30-28(31-22)26-21(29)8-6-9-25(26)35-3/h6,8-14,16,18H,4-5,7,15,17H2,1-3H3/t18-/m1/s1. The third-order valence-electron chi connectivity index (χ3n) is 6.92. The van der Waals surface area contributed by atoms with E-state index in [2.05, 4.69) is 50.8 Å². The van der Waals surface area contributed by atoms with Crippen LogP contribution >= 0.6 is 0 Å². The normalized spacial score (nSPS) is 16.0. The molecule has 0 amide bonds. The Morgan fingerprint density at radius 2 is 2.03 bits per heavy atom. The fourth-order valence-electron chi connectivity index (χ4n) is 5.08. The molecule has 0 spiro atoms. The van der Waals surface area contributed by atoms with E-state index in [-0.39, 0.29) is 29.3 Å². The fraction of sp³-hybridized carbons (Fsp3) is 0.321. The topological polar surface area (TPSA) is 60.2 Å². The second-order valence-electron chi connectivity index (χ2n) is 9.15. The van der Waals surface area contributed by atoms with E-state index < -0.39 is 5.82 Å². The molecule has 0 radical (unpaired) electrons. The summed E-state index contributed by atoms with van der Waals surface area (Å²) in [6.07, 6.45) is 7.26. The van der Waals surface area contributed by atoms with Crippen LogP contribution in [0.15, 0.2) is 54.9 Å². The number of hydrogen-bond donors (Lipinski definition) is 0. The average Bonchev–Trinajstić information content (AvgIpc) is 3.25. The number of hydrogen-bond acceptors (Lipinski definition) is 5. The molecular weight excluding hydrogens is 443 g/mol. The van der Waals surface area contributed by atoms with Crippen LogP contribution in [0.3, 0.4) is 0 Å². The lowest BCUT2D eigenvalue weighted by atomic mass is 9.96. The van der Waals surface area contributed by atoms with E-state index >= 15 is 0 Å². The molecule has 1 aliphatic heterocycles. The molecule has 1 atom stereocenters. The first kappa shape index (κ1) is 23.0. The van der Waals surface area contributed by atoms with Crippen molar-refractivity contribution >= 4 is 22.4 Å². The van der Waals surface area contributed by atoms with Crippen molar-refractivity contribution in [2.24, 2.45) is 7.05 Å². The number of ether oxygens (including phenoxy) is 1. The maximum Gasteiger partial charge on any atom is 0.185 e. The molecule has 4 aromatic rings. The van der Waals surface area contributed by atoms with Gasteiger partial charge in [0, 0.05) is 49.4 Å². The van der Waals surface area contributed by atoms with E-state index in [1.54, 1.807) is 18.2 Å². The summed E-state index contributed by atoms with van der Waals surface area (Å²) < 4.78 is 22.0. The van der Waals surface area contributed by atoms with Crippen molar-refractivity contribution in [1.82, 2.24) is 14.5 Å². The van der Waals surface area contributed by atoms with Crippen LogP contribution in [0, 0.1) is 5.82 Å². The summed E-state index contributed by atoms with van der Waals surface area (Å²) in [5.41, 5.74) is 3.66. The Morgan fingerprint density at radius 3 is 2.83 bits per heavy atom. The summed E-state index contributed by atoms with van der Waals surface area (Å²) in [5, 5.41) is 1.16. The van der Waals surface area contributed by atoms with E-state index in [0.29, 0.717) is 11.8 Å². The molecule has 3 heterocycles. The van der Waals surface area contributed by atoms with Gasteiger partial charge in [0.1, 0.15) is 17.3 Å². The van der Waals surface area contributed by atoms with E-state index in [0.717, 1.165) is 41.5 Å². The first-order valence-corrected chi connectivity index (χ1v) is 12.0. The number of Topliss-reactive ketones (excluding diaryl/α,β-unsaturated/α-hetero) is 1. The van der Waals surface area contributed by atoms with Crippen LogP contribution in [0.4, 0.5) is 10.1 Å². The third kappa shape index (κ3) is 4.27. The van der Waals surface area contributed by atoms with Crippen LogP contribution < -0.4 is 9.64 Å². The Bertz CT molecular complexity index is 1400. The lowest BCUT2D eigenvalue weighted by Gasteiger charge is -2.37. The molecule has 35 heavy (non-hydrogen) atoms. The van der Waals surface area contributed by atoms with E-state index in [9.17, 15) is 9.18 Å². The smallest absolute Gasteiger partial charge is 0.185 e. The summed E-state index contributed by atoms with van der Waals surface area (Å²) in [4.78, 5) is 24.6. The zero-order chi connectivity index (χ0) is 24.5. The molecule has 0 bridgehead atoms. The highest BCUT2D eigenvalue weighted by Gasteiger charge is 2.25. The monoisotopic (exact) mass is 472 g/mol. The number of piperidine rings is 1. The molecule has 2 aromatic carbocycles. The van der Waals surface area contributed by atoms with Gasteiger partial charge in [0.15, 0.2) is 11.6 Å². The van der Waals surface area contributed by atoms with Gasteiger partial charge in [0.05, 0.1) is 18.4 Å². The molecule has 2 aromatic heterocycles. The SMILES string of the molecule is COc1cccc(F)c1-c1nccc(C(=O)Cc2ccc3c(ccn3C)c2N2CCCC[C@H]2C)n1. The van der Waals surface area contributed by atoms with Crippen molar-refractivity contribution in [3.05, 3.63) is 71.9 Å².